The second-order valence-electron chi connectivity index (χ2n) is 5.76. The molecule has 0 saturated carbocycles. The van der Waals surface area contributed by atoms with Gasteiger partial charge in [-0.05, 0) is 50.6 Å². The monoisotopic (exact) mass is 342 g/mol. The summed E-state index contributed by atoms with van der Waals surface area (Å²) in [5.74, 6) is -0.132. The van der Waals surface area contributed by atoms with Gasteiger partial charge in [-0.15, -0.1) is 0 Å². The molecule has 5 nitrogen and oxygen atoms in total. The summed E-state index contributed by atoms with van der Waals surface area (Å²) >= 11 is 1.19. The number of carboxylic acids is 1. The molecule has 0 spiro atoms. The summed E-state index contributed by atoms with van der Waals surface area (Å²) in [6, 6.07) is 7.72. The molecule has 1 aromatic carbocycles. The second kappa shape index (κ2) is 6.13. The summed E-state index contributed by atoms with van der Waals surface area (Å²) in [6.45, 7) is 9.99. The van der Waals surface area contributed by atoms with Crippen LogP contribution in [0, 0.1) is 13.8 Å². The highest BCUT2D eigenvalue weighted by molar-refractivity contribution is 7.19. The molecule has 1 N–H and O–H groups in total. The SMILES string of the molecule is C=C(C)COc1ccc(-c2nc3sc(C(=O)O)c(C)n3c2C)cc1. The van der Waals surface area contributed by atoms with E-state index in [1.807, 2.05) is 42.5 Å². The van der Waals surface area contributed by atoms with E-state index in [4.69, 9.17) is 4.74 Å². The highest BCUT2D eigenvalue weighted by Gasteiger charge is 2.20. The summed E-state index contributed by atoms with van der Waals surface area (Å²) < 4.78 is 7.50. The zero-order chi connectivity index (χ0) is 17.4. The zero-order valence-corrected chi connectivity index (χ0v) is 14.6. The molecular weight excluding hydrogens is 324 g/mol. The summed E-state index contributed by atoms with van der Waals surface area (Å²) in [5.41, 5.74) is 4.44. The molecule has 0 aliphatic rings. The maximum absolute atomic E-state index is 11.3. The van der Waals surface area contributed by atoms with Crippen LogP contribution in [0.2, 0.25) is 0 Å². The van der Waals surface area contributed by atoms with E-state index in [0.717, 1.165) is 28.3 Å². The molecule has 0 aliphatic carbocycles. The molecule has 124 valence electrons. The first-order valence-electron chi connectivity index (χ1n) is 7.48. The van der Waals surface area contributed by atoms with Crippen LogP contribution >= 0.6 is 11.3 Å². The number of carbonyl (C=O) groups is 1. The summed E-state index contributed by atoms with van der Waals surface area (Å²) in [6.07, 6.45) is 0. The fraction of sp³-hybridized carbons (Fsp3) is 0.222. The molecule has 0 fully saturated rings. The predicted molar refractivity (Wildman–Crippen MR) is 95.2 cm³/mol. The van der Waals surface area contributed by atoms with E-state index in [1.54, 1.807) is 6.92 Å². The van der Waals surface area contributed by atoms with Gasteiger partial charge in [0.2, 0.25) is 0 Å². The van der Waals surface area contributed by atoms with Gasteiger partial charge in [-0.1, -0.05) is 17.9 Å². The van der Waals surface area contributed by atoms with Crippen LogP contribution in [0.5, 0.6) is 5.75 Å². The van der Waals surface area contributed by atoms with E-state index in [2.05, 4.69) is 11.6 Å². The third-order valence-electron chi connectivity index (χ3n) is 3.74. The average Bonchev–Trinajstić information content (AvgIpc) is 3.03. The number of aryl methyl sites for hydroxylation is 2. The van der Waals surface area contributed by atoms with Crippen LogP contribution in [0.15, 0.2) is 36.4 Å². The molecule has 3 aromatic rings. The Hall–Kier alpha value is -2.60. The van der Waals surface area contributed by atoms with Crippen LogP contribution in [0.3, 0.4) is 0 Å². The number of rotatable bonds is 5. The molecule has 6 heteroatoms. The number of fused-ring (bicyclic) bond motifs is 1. The zero-order valence-electron chi connectivity index (χ0n) is 13.8. The van der Waals surface area contributed by atoms with E-state index in [0.29, 0.717) is 22.1 Å². The number of imidazole rings is 1. The Labute approximate surface area is 143 Å². The summed E-state index contributed by atoms with van der Waals surface area (Å²) in [4.78, 5) is 16.9. The van der Waals surface area contributed by atoms with E-state index < -0.39 is 5.97 Å². The van der Waals surface area contributed by atoms with Gasteiger partial charge in [-0.2, -0.15) is 0 Å². The first-order valence-corrected chi connectivity index (χ1v) is 8.29. The van der Waals surface area contributed by atoms with Crippen molar-refractivity contribution in [2.45, 2.75) is 20.8 Å². The van der Waals surface area contributed by atoms with E-state index in [-0.39, 0.29) is 0 Å². The van der Waals surface area contributed by atoms with Gasteiger partial charge in [-0.25, -0.2) is 9.78 Å². The van der Waals surface area contributed by atoms with E-state index >= 15 is 0 Å². The number of nitrogens with zero attached hydrogens (tertiary/aromatic N) is 2. The fourth-order valence-corrected chi connectivity index (χ4v) is 3.60. The number of benzene rings is 1. The van der Waals surface area contributed by atoms with Crippen LogP contribution in [0.25, 0.3) is 16.2 Å². The third-order valence-corrected chi connectivity index (χ3v) is 4.87. The van der Waals surface area contributed by atoms with Crippen molar-refractivity contribution < 1.29 is 14.6 Å². The summed E-state index contributed by atoms with van der Waals surface area (Å²) in [5, 5.41) is 9.23. The molecule has 0 radical (unpaired) electrons. The van der Waals surface area contributed by atoms with Crippen LogP contribution in [0.4, 0.5) is 0 Å². The molecule has 2 heterocycles. The molecule has 0 atom stereocenters. The molecule has 0 aliphatic heterocycles. The Morgan fingerprint density at radius 3 is 2.50 bits per heavy atom. The van der Waals surface area contributed by atoms with Crippen LogP contribution < -0.4 is 4.74 Å². The molecule has 2 aromatic heterocycles. The van der Waals surface area contributed by atoms with Gasteiger partial charge in [0.1, 0.15) is 17.2 Å². The Morgan fingerprint density at radius 1 is 1.29 bits per heavy atom. The largest absolute Gasteiger partial charge is 0.489 e. The minimum Gasteiger partial charge on any atom is -0.489 e. The van der Waals surface area contributed by atoms with Gasteiger partial charge in [0, 0.05) is 17.0 Å². The van der Waals surface area contributed by atoms with Gasteiger partial charge < -0.3 is 9.84 Å². The lowest BCUT2D eigenvalue weighted by atomic mass is 10.1. The number of hydrogen-bond acceptors (Lipinski definition) is 4. The van der Waals surface area contributed by atoms with Gasteiger partial charge in [0.05, 0.1) is 5.69 Å². The van der Waals surface area contributed by atoms with Crippen molar-refractivity contribution in [2.75, 3.05) is 6.61 Å². The van der Waals surface area contributed by atoms with Crippen molar-refractivity contribution in [1.82, 2.24) is 9.38 Å². The molecular formula is C18H18N2O3S. The van der Waals surface area contributed by atoms with Crippen LogP contribution in [-0.2, 0) is 0 Å². The third kappa shape index (κ3) is 2.80. The number of aromatic nitrogens is 2. The lowest BCUT2D eigenvalue weighted by Crippen LogP contribution is -1.98. The second-order valence-corrected chi connectivity index (χ2v) is 6.73. The number of carboxylic acid groups (broad SMARTS) is 1. The number of hydrogen-bond donors (Lipinski definition) is 1. The standard InChI is InChI=1S/C18H18N2O3S/c1-10(2)9-23-14-7-5-13(6-8-14)15-11(3)20-12(4)16(17(21)22)24-18(20)19-15/h5-8H,1,9H2,2-4H3,(H,21,22). The van der Waals surface area contributed by atoms with Crippen molar-refractivity contribution in [1.29, 1.82) is 0 Å². The van der Waals surface area contributed by atoms with Gasteiger partial charge in [0.25, 0.3) is 0 Å². The molecule has 0 saturated heterocycles. The Kier molecular flexibility index (Phi) is 4.15. The smallest absolute Gasteiger partial charge is 0.347 e. The fourth-order valence-electron chi connectivity index (χ4n) is 2.59. The minimum absolute atomic E-state index is 0.329. The van der Waals surface area contributed by atoms with Gasteiger partial charge >= 0.3 is 5.97 Å². The lowest BCUT2D eigenvalue weighted by molar-refractivity contribution is 0.0701. The quantitative estimate of drug-likeness (QED) is 0.701. The Balaban J connectivity index is 1.96. The first-order chi connectivity index (χ1) is 11.4. The number of ether oxygens (including phenoxy) is 1. The Bertz CT molecular complexity index is 935. The maximum atomic E-state index is 11.3. The van der Waals surface area contributed by atoms with Crippen molar-refractivity contribution in [3.8, 4) is 17.0 Å². The maximum Gasteiger partial charge on any atom is 0.347 e. The van der Waals surface area contributed by atoms with Crippen LogP contribution in [-0.4, -0.2) is 27.1 Å². The van der Waals surface area contributed by atoms with Gasteiger partial charge in [0.15, 0.2) is 4.96 Å². The lowest BCUT2D eigenvalue weighted by Gasteiger charge is -2.06. The predicted octanol–water partition coefficient (Wildman–Crippen LogP) is 4.33. The molecule has 3 rings (SSSR count). The highest BCUT2D eigenvalue weighted by atomic mass is 32.1. The molecule has 0 unspecified atom stereocenters. The van der Waals surface area contributed by atoms with Crippen molar-refractivity contribution >= 4 is 22.3 Å². The average molecular weight is 342 g/mol. The summed E-state index contributed by atoms with van der Waals surface area (Å²) in [7, 11) is 0. The van der Waals surface area contributed by atoms with Crippen molar-refractivity contribution in [3.05, 3.63) is 52.7 Å². The Morgan fingerprint density at radius 2 is 1.96 bits per heavy atom. The topological polar surface area (TPSA) is 63.8 Å². The minimum atomic E-state index is -0.914. The van der Waals surface area contributed by atoms with Crippen LogP contribution in [0.1, 0.15) is 28.0 Å². The normalized spacial score (nSPS) is 11.0. The number of aromatic carboxylic acids is 1. The van der Waals surface area contributed by atoms with Crippen molar-refractivity contribution in [3.63, 3.8) is 0 Å². The first kappa shape index (κ1) is 16.3. The van der Waals surface area contributed by atoms with Crippen molar-refractivity contribution in [2.24, 2.45) is 0 Å². The van der Waals surface area contributed by atoms with E-state index in [1.165, 1.54) is 11.3 Å². The van der Waals surface area contributed by atoms with E-state index in [9.17, 15) is 9.90 Å². The molecule has 24 heavy (non-hydrogen) atoms. The number of thiazole rings is 1. The molecule has 0 amide bonds. The molecule has 0 bridgehead atoms. The van der Waals surface area contributed by atoms with Gasteiger partial charge in [-0.3, -0.25) is 4.40 Å². The highest BCUT2D eigenvalue weighted by Crippen LogP contribution is 2.31.